The molecule has 1 aliphatic rings. The largest absolute Gasteiger partial charge is 0.493 e. The number of carbonyl (C=O) groups excluding carboxylic acids is 3. The van der Waals surface area contributed by atoms with Crippen molar-refractivity contribution in [2.24, 2.45) is 0 Å². The van der Waals surface area contributed by atoms with E-state index in [-0.39, 0.29) is 29.6 Å². The smallest absolute Gasteiger partial charge is 0.308 e. The lowest BCUT2D eigenvalue weighted by molar-refractivity contribution is -0.148. The molecule has 1 fully saturated rings. The molecule has 1 saturated heterocycles. The number of nitrogens with zero attached hydrogens (tertiary/aromatic N) is 1. The third-order valence-electron chi connectivity index (χ3n) is 5.34. The van der Waals surface area contributed by atoms with Gasteiger partial charge in [0.05, 0.1) is 27.8 Å². The zero-order chi connectivity index (χ0) is 25.4. The number of esters is 1. The number of hydrogen-bond donors (Lipinski definition) is 2. The molecular formula is C24H27N3O7S. The van der Waals surface area contributed by atoms with Gasteiger partial charge in [0.15, 0.2) is 16.6 Å². The van der Waals surface area contributed by atoms with E-state index in [1.54, 1.807) is 0 Å². The van der Waals surface area contributed by atoms with Crippen molar-refractivity contribution < 1.29 is 33.3 Å². The van der Waals surface area contributed by atoms with Crippen molar-refractivity contribution in [2.45, 2.75) is 19.1 Å². The average Bonchev–Trinajstić information content (AvgIpc) is 2.88. The summed E-state index contributed by atoms with van der Waals surface area (Å²) in [6.45, 7) is 0.724. The molecule has 1 aliphatic heterocycles. The monoisotopic (exact) mass is 501 g/mol. The van der Waals surface area contributed by atoms with E-state index in [0.29, 0.717) is 30.3 Å². The van der Waals surface area contributed by atoms with Crippen molar-refractivity contribution in [1.82, 2.24) is 15.5 Å². The second-order valence-corrected chi connectivity index (χ2v) is 7.91. The molecule has 3 rings (SSSR count). The van der Waals surface area contributed by atoms with Crippen LogP contribution in [0.25, 0.3) is 0 Å². The molecule has 1 atom stereocenters. The summed E-state index contributed by atoms with van der Waals surface area (Å²) in [4.78, 5) is 39.4. The zero-order valence-corrected chi connectivity index (χ0v) is 20.5. The molecule has 0 aromatic heterocycles. The number of piperazine rings is 1. The van der Waals surface area contributed by atoms with Crippen LogP contribution in [0.5, 0.6) is 17.2 Å². The van der Waals surface area contributed by atoms with Crippen molar-refractivity contribution >= 4 is 35.1 Å². The average molecular weight is 502 g/mol. The van der Waals surface area contributed by atoms with Crippen LogP contribution >= 0.6 is 12.2 Å². The van der Waals surface area contributed by atoms with E-state index < -0.39 is 17.9 Å². The fraction of sp³-hybridized carbons (Fsp3) is 0.333. The molecular weight excluding hydrogens is 474 g/mol. The first-order valence-corrected chi connectivity index (χ1v) is 11.2. The van der Waals surface area contributed by atoms with Gasteiger partial charge >= 0.3 is 5.97 Å². The molecule has 186 valence electrons. The first-order valence-electron chi connectivity index (χ1n) is 10.8. The number of thiocarbonyl (C=S) groups is 1. The SMILES string of the molecule is COc1cc(C(=O)NC(=S)N2CCNC(=O)C2CC(=O)OCc2ccccc2)cc(OC)c1OC. The highest BCUT2D eigenvalue weighted by molar-refractivity contribution is 7.80. The highest BCUT2D eigenvalue weighted by atomic mass is 32.1. The van der Waals surface area contributed by atoms with Gasteiger partial charge in [0, 0.05) is 18.7 Å². The first-order chi connectivity index (χ1) is 16.9. The molecule has 0 saturated carbocycles. The summed E-state index contributed by atoms with van der Waals surface area (Å²) < 4.78 is 21.2. The van der Waals surface area contributed by atoms with Crippen LogP contribution in [0.2, 0.25) is 0 Å². The van der Waals surface area contributed by atoms with Gasteiger partial charge in [-0.15, -0.1) is 0 Å². The van der Waals surface area contributed by atoms with Crippen molar-refractivity contribution in [3.8, 4) is 17.2 Å². The molecule has 2 aromatic carbocycles. The van der Waals surface area contributed by atoms with Gasteiger partial charge in [0.1, 0.15) is 12.6 Å². The molecule has 1 unspecified atom stereocenters. The number of nitrogens with one attached hydrogen (secondary N) is 2. The maximum atomic E-state index is 12.9. The Hall–Kier alpha value is -3.86. The van der Waals surface area contributed by atoms with Crippen LogP contribution in [-0.2, 0) is 20.9 Å². The third kappa shape index (κ3) is 6.38. The summed E-state index contributed by atoms with van der Waals surface area (Å²) in [5, 5.41) is 5.35. The third-order valence-corrected chi connectivity index (χ3v) is 5.68. The lowest BCUT2D eigenvalue weighted by atomic mass is 10.1. The maximum absolute atomic E-state index is 12.9. The second kappa shape index (κ2) is 12.0. The highest BCUT2D eigenvalue weighted by Gasteiger charge is 2.34. The summed E-state index contributed by atoms with van der Waals surface area (Å²) >= 11 is 5.42. The Labute approximate surface area is 208 Å². The Bertz CT molecular complexity index is 1070. The molecule has 2 amide bonds. The number of carbonyl (C=O) groups is 3. The lowest BCUT2D eigenvalue weighted by Gasteiger charge is -2.36. The minimum atomic E-state index is -0.917. The summed E-state index contributed by atoms with van der Waals surface area (Å²) in [6.07, 6.45) is -0.223. The van der Waals surface area contributed by atoms with Crippen molar-refractivity contribution in [2.75, 3.05) is 34.4 Å². The molecule has 0 bridgehead atoms. The molecule has 1 heterocycles. The van der Waals surface area contributed by atoms with E-state index in [4.69, 9.17) is 31.2 Å². The Morgan fingerprint density at radius 3 is 2.34 bits per heavy atom. The van der Waals surface area contributed by atoms with Gasteiger partial charge in [-0.3, -0.25) is 19.7 Å². The Kier molecular flexibility index (Phi) is 8.85. The van der Waals surface area contributed by atoms with Crippen LogP contribution in [0.3, 0.4) is 0 Å². The molecule has 10 nitrogen and oxygen atoms in total. The Balaban J connectivity index is 1.69. The number of rotatable bonds is 8. The summed E-state index contributed by atoms with van der Waals surface area (Å²) in [6, 6.07) is 11.3. The number of ether oxygens (including phenoxy) is 4. The van der Waals surface area contributed by atoms with Gasteiger partial charge in [-0.1, -0.05) is 30.3 Å². The predicted octanol–water partition coefficient (Wildman–Crippen LogP) is 1.66. The topological polar surface area (TPSA) is 115 Å². The predicted molar refractivity (Wildman–Crippen MR) is 131 cm³/mol. The van der Waals surface area contributed by atoms with Gasteiger partial charge in [0.25, 0.3) is 5.91 Å². The van der Waals surface area contributed by atoms with Gasteiger partial charge in [-0.25, -0.2) is 0 Å². The van der Waals surface area contributed by atoms with Crippen LogP contribution in [0.4, 0.5) is 0 Å². The summed E-state index contributed by atoms with van der Waals surface area (Å²) in [5.74, 6) is -0.517. The molecule has 2 N–H and O–H groups in total. The fourth-order valence-corrected chi connectivity index (χ4v) is 3.88. The number of methoxy groups -OCH3 is 3. The standard InChI is InChI=1S/C24H27N3O7S/c1-31-18-11-16(12-19(32-2)21(18)33-3)22(29)26-24(35)27-10-9-25-23(30)17(27)13-20(28)34-14-15-7-5-4-6-8-15/h4-8,11-12,17H,9-10,13-14H2,1-3H3,(H,25,30)(H,26,29,35). The first kappa shape index (κ1) is 25.8. The Morgan fingerprint density at radius 2 is 1.74 bits per heavy atom. The molecule has 0 spiro atoms. The van der Waals surface area contributed by atoms with Crippen molar-refractivity contribution in [3.05, 3.63) is 53.6 Å². The molecule has 0 aliphatic carbocycles. The minimum absolute atomic E-state index is 0.0134. The lowest BCUT2D eigenvalue weighted by Crippen LogP contribution is -2.60. The van der Waals surface area contributed by atoms with Crippen LogP contribution in [0.1, 0.15) is 22.3 Å². The highest BCUT2D eigenvalue weighted by Crippen LogP contribution is 2.38. The molecule has 11 heteroatoms. The number of amides is 2. The summed E-state index contributed by atoms with van der Waals surface area (Å²) in [7, 11) is 4.34. The van der Waals surface area contributed by atoms with Crippen LogP contribution in [-0.4, -0.2) is 68.3 Å². The van der Waals surface area contributed by atoms with E-state index >= 15 is 0 Å². The van der Waals surface area contributed by atoms with E-state index in [1.165, 1.54) is 38.4 Å². The van der Waals surface area contributed by atoms with Crippen LogP contribution in [0, 0.1) is 0 Å². The normalized spacial score (nSPS) is 15.0. The Morgan fingerprint density at radius 1 is 1.09 bits per heavy atom. The second-order valence-electron chi connectivity index (χ2n) is 7.52. The molecule has 35 heavy (non-hydrogen) atoms. The summed E-state index contributed by atoms with van der Waals surface area (Å²) in [5.41, 5.74) is 1.04. The van der Waals surface area contributed by atoms with E-state index in [1.807, 2.05) is 30.3 Å². The van der Waals surface area contributed by atoms with Crippen molar-refractivity contribution in [3.63, 3.8) is 0 Å². The van der Waals surface area contributed by atoms with Gasteiger partial charge in [0.2, 0.25) is 11.7 Å². The maximum Gasteiger partial charge on any atom is 0.308 e. The minimum Gasteiger partial charge on any atom is -0.493 e. The zero-order valence-electron chi connectivity index (χ0n) is 19.7. The van der Waals surface area contributed by atoms with E-state index in [2.05, 4.69) is 10.6 Å². The van der Waals surface area contributed by atoms with Crippen LogP contribution in [0.15, 0.2) is 42.5 Å². The van der Waals surface area contributed by atoms with E-state index in [0.717, 1.165) is 5.56 Å². The quantitative estimate of drug-likeness (QED) is 0.412. The van der Waals surface area contributed by atoms with E-state index in [9.17, 15) is 14.4 Å². The number of hydrogen-bond acceptors (Lipinski definition) is 8. The van der Waals surface area contributed by atoms with Gasteiger partial charge in [-0.2, -0.15) is 0 Å². The fourth-order valence-electron chi connectivity index (χ4n) is 3.57. The molecule has 2 aromatic rings. The number of benzene rings is 2. The van der Waals surface area contributed by atoms with Crippen LogP contribution < -0.4 is 24.8 Å². The van der Waals surface area contributed by atoms with Gasteiger partial charge in [-0.05, 0) is 29.9 Å². The van der Waals surface area contributed by atoms with Crippen molar-refractivity contribution in [1.29, 1.82) is 0 Å². The molecule has 0 radical (unpaired) electrons. The van der Waals surface area contributed by atoms with Gasteiger partial charge < -0.3 is 29.2 Å².